The van der Waals surface area contributed by atoms with Crippen molar-refractivity contribution in [1.29, 1.82) is 0 Å². The van der Waals surface area contributed by atoms with Gasteiger partial charge in [0.2, 0.25) is 5.91 Å². The fourth-order valence-corrected chi connectivity index (χ4v) is 3.51. The Morgan fingerprint density at radius 1 is 1.06 bits per heavy atom. The highest BCUT2D eigenvalue weighted by molar-refractivity contribution is 5.92. The number of hydrogen-bond donors (Lipinski definition) is 3. The third-order valence-corrected chi connectivity index (χ3v) is 5.26. The second-order valence-electron chi connectivity index (χ2n) is 7.84. The van der Waals surface area contributed by atoms with Gasteiger partial charge in [0, 0.05) is 43.4 Å². The molecule has 3 N–H and O–H groups in total. The number of carbonyl (C=O) groups excluding carboxylic acids is 2. The van der Waals surface area contributed by atoms with Gasteiger partial charge in [0.1, 0.15) is 11.6 Å². The van der Waals surface area contributed by atoms with Crippen molar-refractivity contribution in [2.45, 2.75) is 31.8 Å². The van der Waals surface area contributed by atoms with Crippen LogP contribution in [0.4, 0.5) is 25.0 Å². The SMILES string of the molecule is O=C(CCc1ncc(-c2ccc(F)cc2F)o1)Nc1ccc(NC(=O)NCC2CCCO2)cc1. The molecule has 1 aliphatic heterocycles. The standard InChI is InChI=1S/C24H24F2N4O4/c25-15-3-8-19(20(26)12-15)21-14-27-23(34-21)10-9-22(31)29-16-4-6-17(7-5-16)30-24(32)28-13-18-2-1-11-33-18/h3-8,12,14,18H,1-2,9-11,13H2,(H,29,31)(H2,28,30,32). The summed E-state index contributed by atoms with van der Waals surface area (Å²) in [7, 11) is 0. The maximum absolute atomic E-state index is 13.9. The highest BCUT2D eigenvalue weighted by Crippen LogP contribution is 2.24. The van der Waals surface area contributed by atoms with Crippen LogP contribution in [0.15, 0.2) is 53.1 Å². The van der Waals surface area contributed by atoms with Crippen LogP contribution in [-0.2, 0) is 16.0 Å². The van der Waals surface area contributed by atoms with Crippen LogP contribution in [0.2, 0.25) is 0 Å². The number of aromatic nitrogens is 1. The van der Waals surface area contributed by atoms with E-state index in [4.69, 9.17) is 9.15 Å². The summed E-state index contributed by atoms with van der Waals surface area (Å²) in [6.45, 7) is 1.20. The molecule has 0 bridgehead atoms. The third-order valence-electron chi connectivity index (χ3n) is 5.26. The molecule has 0 radical (unpaired) electrons. The zero-order valence-corrected chi connectivity index (χ0v) is 18.3. The molecule has 2 aromatic carbocycles. The first kappa shape index (κ1) is 23.4. The number of rotatable bonds is 8. The molecule has 1 saturated heterocycles. The summed E-state index contributed by atoms with van der Waals surface area (Å²) >= 11 is 0. The van der Waals surface area contributed by atoms with Crippen molar-refractivity contribution in [2.75, 3.05) is 23.8 Å². The number of hydrogen-bond acceptors (Lipinski definition) is 5. The number of urea groups is 1. The van der Waals surface area contributed by atoms with Gasteiger partial charge in [-0.05, 0) is 49.2 Å². The van der Waals surface area contributed by atoms with Gasteiger partial charge in [-0.3, -0.25) is 4.79 Å². The van der Waals surface area contributed by atoms with Gasteiger partial charge in [0.15, 0.2) is 11.7 Å². The number of nitrogens with one attached hydrogen (secondary N) is 3. The van der Waals surface area contributed by atoms with Crippen molar-refractivity contribution in [1.82, 2.24) is 10.3 Å². The average Bonchev–Trinajstić information content (AvgIpc) is 3.50. The molecule has 1 unspecified atom stereocenters. The minimum atomic E-state index is -0.751. The van der Waals surface area contributed by atoms with Gasteiger partial charge in [0.05, 0.1) is 17.9 Å². The molecule has 1 atom stereocenters. The number of anilines is 2. The van der Waals surface area contributed by atoms with Crippen molar-refractivity contribution < 1.29 is 27.5 Å². The minimum absolute atomic E-state index is 0.0652. The molecular formula is C24H24F2N4O4. The van der Waals surface area contributed by atoms with Gasteiger partial charge in [-0.25, -0.2) is 18.6 Å². The lowest BCUT2D eigenvalue weighted by Gasteiger charge is -2.12. The predicted octanol–water partition coefficient (Wildman–Crippen LogP) is 4.49. The van der Waals surface area contributed by atoms with E-state index in [0.717, 1.165) is 31.6 Å². The lowest BCUT2D eigenvalue weighted by Crippen LogP contribution is -2.35. The number of amides is 3. The summed E-state index contributed by atoms with van der Waals surface area (Å²) < 4.78 is 37.9. The number of halogens is 2. The smallest absolute Gasteiger partial charge is 0.319 e. The number of benzene rings is 2. The summed E-state index contributed by atoms with van der Waals surface area (Å²) in [6.07, 6.45) is 3.66. The van der Waals surface area contributed by atoms with Crippen molar-refractivity contribution in [2.24, 2.45) is 0 Å². The van der Waals surface area contributed by atoms with Crippen LogP contribution in [0, 0.1) is 11.6 Å². The monoisotopic (exact) mass is 470 g/mol. The molecule has 10 heteroatoms. The highest BCUT2D eigenvalue weighted by atomic mass is 19.1. The molecule has 3 amide bonds. The molecular weight excluding hydrogens is 446 g/mol. The molecule has 0 saturated carbocycles. The van der Waals surface area contributed by atoms with Crippen LogP contribution >= 0.6 is 0 Å². The Morgan fingerprint density at radius 2 is 1.82 bits per heavy atom. The number of oxazole rings is 1. The van der Waals surface area contributed by atoms with E-state index in [1.807, 2.05) is 0 Å². The fourth-order valence-electron chi connectivity index (χ4n) is 3.51. The largest absolute Gasteiger partial charge is 0.441 e. The van der Waals surface area contributed by atoms with Crippen LogP contribution < -0.4 is 16.0 Å². The first-order valence-corrected chi connectivity index (χ1v) is 10.9. The third kappa shape index (κ3) is 6.38. The zero-order valence-electron chi connectivity index (χ0n) is 18.3. The Bertz CT molecular complexity index is 1140. The summed E-state index contributed by atoms with van der Waals surface area (Å²) in [5, 5.41) is 8.26. The Labute approximate surface area is 194 Å². The molecule has 1 aromatic heterocycles. The van der Waals surface area contributed by atoms with E-state index in [1.54, 1.807) is 24.3 Å². The van der Waals surface area contributed by atoms with Crippen molar-refractivity contribution in [3.05, 3.63) is 66.2 Å². The van der Waals surface area contributed by atoms with E-state index in [9.17, 15) is 18.4 Å². The maximum atomic E-state index is 13.9. The van der Waals surface area contributed by atoms with E-state index in [0.29, 0.717) is 17.9 Å². The van der Waals surface area contributed by atoms with Crippen molar-refractivity contribution >= 4 is 23.3 Å². The van der Waals surface area contributed by atoms with E-state index in [-0.39, 0.29) is 48.1 Å². The lowest BCUT2D eigenvalue weighted by molar-refractivity contribution is -0.116. The number of ether oxygens (including phenoxy) is 1. The van der Waals surface area contributed by atoms with Crippen molar-refractivity contribution in [3.8, 4) is 11.3 Å². The van der Waals surface area contributed by atoms with E-state index in [1.165, 1.54) is 12.3 Å². The maximum Gasteiger partial charge on any atom is 0.319 e. The Morgan fingerprint density at radius 3 is 2.53 bits per heavy atom. The van der Waals surface area contributed by atoms with Crippen molar-refractivity contribution in [3.63, 3.8) is 0 Å². The van der Waals surface area contributed by atoms with Gasteiger partial charge in [0.25, 0.3) is 0 Å². The Balaban J connectivity index is 1.22. The number of nitrogens with zero attached hydrogens (tertiary/aromatic N) is 1. The van der Waals surface area contributed by atoms with Gasteiger partial charge in [-0.1, -0.05) is 0 Å². The predicted molar refractivity (Wildman–Crippen MR) is 121 cm³/mol. The molecule has 3 aromatic rings. The molecule has 1 aliphatic rings. The summed E-state index contributed by atoms with van der Waals surface area (Å²) in [4.78, 5) is 28.3. The van der Waals surface area contributed by atoms with Gasteiger partial charge < -0.3 is 25.1 Å². The second kappa shape index (κ2) is 10.9. The normalized spacial score (nSPS) is 15.2. The topological polar surface area (TPSA) is 105 Å². The van der Waals surface area contributed by atoms with E-state index in [2.05, 4.69) is 20.9 Å². The summed E-state index contributed by atoms with van der Waals surface area (Å²) in [5.41, 5.74) is 1.25. The molecule has 1 fully saturated rings. The Kier molecular flexibility index (Phi) is 7.48. The molecule has 2 heterocycles. The first-order chi connectivity index (χ1) is 16.5. The zero-order chi connectivity index (χ0) is 23.9. The van der Waals surface area contributed by atoms with Crippen LogP contribution in [0.3, 0.4) is 0 Å². The van der Waals surface area contributed by atoms with Gasteiger partial charge in [-0.15, -0.1) is 0 Å². The molecule has 178 valence electrons. The van der Waals surface area contributed by atoms with Gasteiger partial charge >= 0.3 is 6.03 Å². The van der Waals surface area contributed by atoms with Gasteiger partial charge in [-0.2, -0.15) is 0 Å². The average molecular weight is 470 g/mol. The quantitative estimate of drug-likeness (QED) is 0.450. The lowest BCUT2D eigenvalue weighted by atomic mass is 10.2. The first-order valence-electron chi connectivity index (χ1n) is 10.9. The molecule has 4 rings (SSSR count). The van der Waals surface area contributed by atoms with Crippen LogP contribution in [0.25, 0.3) is 11.3 Å². The van der Waals surface area contributed by atoms with Crippen LogP contribution in [0.1, 0.15) is 25.2 Å². The molecule has 8 nitrogen and oxygen atoms in total. The van der Waals surface area contributed by atoms with Crippen LogP contribution in [-0.4, -0.2) is 36.2 Å². The summed E-state index contributed by atoms with van der Waals surface area (Å²) in [5.74, 6) is -1.26. The molecule has 34 heavy (non-hydrogen) atoms. The fraction of sp³-hybridized carbons (Fsp3) is 0.292. The molecule has 0 spiro atoms. The number of aryl methyl sites for hydroxylation is 1. The Hall–Kier alpha value is -3.79. The van der Waals surface area contributed by atoms with Crippen LogP contribution in [0.5, 0.6) is 0 Å². The van der Waals surface area contributed by atoms with E-state index < -0.39 is 11.6 Å². The van der Waals surface area contributed by atoms with E-state index >= 15 is 0 Å². The number of carbonyl (C=O) groups is 2. The molecule has 0 aliphatic carbocycles. The minimum Gasteiger partial charge on any atom is -0.441 e. The summed E-state index contributed by atoms with van der Waals surface area (Å²) in [6, 6.07) is 9.56. The second-order valence-corrected chi connectivity index (χ2v) is 7.84. The highest BCUT2D eigenvalue weighted by Gasteiger charge is 2.16.